The molecule has 6 aliphatic heterocycles. The summed E-state index contributed by atoms with van der Waals surface area (Å²) >= 11 is 0. The summed E-state index contributed by atoms with van der Waals surface area (Å²) < 4.78 is 12.6. The van der Waals surface area contributed by atoms with Crippen molar-refractivity contribution in [2.75, 3.05) is 0 Å². The molecule has 0 spiro atoms. The monoisotopic (exact) mass is 1410 g/mol. The molecule has 104 heavy (non-hydrogen) atoms. The first kappa shape index (κ1) is 73.0. The van der Waals surface area contributed by atoms with Gasteiger partial charge in [-0.1, -0.05) is 55.4 Å². The maximum absolute atomic E-state index is 15.1. The van der Waals surface area contributed by atoms with Crippen molar-refractivity contribution < 1.29 is 58.0 Å². The van der Waals surface area contributed by atoms with Crippen LogP contribution in [-0.4, -0.2) is 116 Å². The lowest BCUT2D eigenvalue weighted by molar-refractivity contribution is 0.0817. The maximum Gasteiger partial charge on any atom is 0.255 e. The van der Waals surface area contributed by atoms with Crippen molar-refractivity contribution in [2.45, 2.75) is 183 Å². The SMILES string of the molecule is Cc1cc2c(O)c(c1)C(=O)NC1CC(NC(=O)c3cc(C)cc4c3OC#Cc3ccc(nc3)-c3ccc(cn3)C#COc3c(cc(C)cc3C(=O)NC3CC(NC(=O)c5cc(C)cc(c5O)C(=O)NC5CC(NC4=O)C(C)CC5C)C(C)CC3C)C(=O)NC3CC(NC2=O)C(C)CC3C)C(C)CC1C. The number of amides is 8. The third-order valence-corrected chi connectivity index (χ3v) is 22.5. The predicted molar refractivity (Wildman–Crippen MR) is 391 cm³/mol. The molecule has 8 heterocycles. The number of hydrogen-bond acceptors (Lipinski definition) is 14. The number of aromatic nitrogens is 2. The third kappa shape index (κ3) is 15.8. The zero-order chi connectivity index (χ0) is 74.3. The number of ether oxygens (including phenoxy) is 2. The molecule has 16 unspecified atom stereocenters. The molecule has 4 aliphatic carbocycles. The molecular weight excluding hydrogens is 1320 g/mol. The topological polar surface area (TPSA) is 317 Å². The highest BCUT2D eigenvalue weighted by atomic mass is 16.5. The number of nitrogens with zero attached hydrogens (tertiary/aromatic N) is 2. The second-order valence-corrected chi connectivity index (χ2v) is 30.7. The molecule has 6 aromatic rings. The summed E-state index contributed by atoms with van der Waals surface area (Å²) in [6.07, 6.45) is 11.9. The van der Waals surface area contributed by atoms with Crippen LogP contribution in [0.4, 0.5) is 0 Å². The van der Waals surface area contributed by atoms with Crippen molar-refractivity contribution in [1.29, 1.82) is 0 Å². The van der Waals surface area contributed by atoms with Gasteiger partial charge in [0.2, 0.25) is 0 Å². The fourth-order valence-electron chi connectivity index (χ4n) is 16.4. The molecule has 4 aromatic carbocycles. The number of carbonyl (C=O) groups is 8. The normalized spacial score (nSPS) is 28.3. The highest BCUT2D eigenvalue weighted by Gasteiger charge is 2.42. The molecule has 0 saturated heterocycles. The number of hydrogen-bond donors (Lipinski definition) is 10. The highest BCUT2D eigenvalue weighted by molar-refractivity contribution is 6.08. The number of carbonyl (C=O) groups excluding carboxylic acids is 8. The molecule has 542 valence electrons. The van der Waals surface area contributed by atoms with Gasteiger partial charge in [-0.05, 0) is 233 Å². The highest BCUT2D eigenvalue weighted by Crippen LogP contribution is 2.39. The molecule has 10 N–H and O–H groups in total. The van der Waals surface area contributed by atoms with E-state index >= 15 is 19.2 Å². The lowest BCUT2D eigenvalue weighted by Crippen LogP contribution is -2.53. The summed E-state index contributed by atoms with van der Waals surface area (Å²) in [6.45, 7) is 23.0. The summed E-state index contributed by atoms with van der Waals surface area (Å²) in [4.78, 5) is 128. The second kappa shape index (κ2) is 30.3. The van der Waals surface area contributed by atoms with Crippen LogP contribution in [0, 0.1) is 99.1 Å². The summed E-state index contributed by atoms with van der Waals surface area (Å²) in [5.74, 6) is -0.928. The van der Waals surface area contributed by atoms with Crippen LogP contribution >= 0.6 is 0 Å². The van der Waals surface area contributed by atoms with Gasteiger partial charge in [-0.3, -0.25) is 48.3 Å². The van der Waals surface area contributed by atoms with E-state index in [4.69, 9.17) is 9.47 Å². The minimum Gasteiger partial charge on any atom is -0.506 e. The Hall–Kier alpha value is -10.7. The Bertz CT molecular complexity index is 4080. The maximum atomic E-state index is 15.1. The first-order chi connectivity index (χ1) is 49.5. The van der Waals surface area contributed by atoms with Crippen LogP contribution in [0.2, 0.25) is 0 Å². The van der Waals surface area contributed by atoms with Crippen LogP contribution < -0.4 is 52.0 Å². The summed E-state index contributed by atoms with van der Waals surface area (Å²) in [7, 11) is 0. The van der Waals surface area contributed by atoms with Gasteiger partial charge in [-0.25, -0.2) is 0 Å². The zero-order valence-electron chi connectivity index (χ0n) is 60.8. The van der Waals surface area contributed by atoms with Crippen molar-refractivity contribution >= 4 is 47.3 Å². The average molecular weight is 1410 g/mol. The van der Waals surface area contributed by atoms with E-state index in [2.05, 4.69) is 76.6 Å². The zero-order valence-corrected chi connectivity index (χ0v) is 60.8. The first-order valence-electron chi connectivity index (χ1n) is 36.3. The summed E-state index contributed by atoms with van der Waals surface area (Å²) in [5, 5.41) is 49.3. The second-order valence-electron chi connectivity index (χ2n) is 30.7. The quantitative estimate of drug-likeness (QED) is 0.0633. The smallest absolute Gasteiger partial charge is 0.255 e. The Morgan fingerprint density at radius 3 is 0.721 bits per heavy atom. The number of rotatable bonds is 0. The van der Waals surface area contributed by atoms with Crippen molar-refractivity contribution in [3.8, 4) is 58.4 Å². The molecule has 16 rings (SSSR count). The van der Waals surface area contributed by atoms with Crippen molar-refractivity contribution in [3.05, 3.63) is 163 Å². The Morgan fingerprint density at radius 1 is 0.317 bits per heavy atom. The number of phenols is 2. The van der Waals surface area contributed by atoms with Crippen LogP contribution in [0.5, 0.6) is 23.0 Å². The van der Waals surface area contributed by atoms with Crippen molar-refractivity contribution in [1.82, 2.24) is 52.5 Å². The van der Waals surface area contributed by atoms with Gasteiger partial charge in [-0.2, -0.15) is 0 Å². The molecule has 18 bridgehead atoms. The number of nitrogens with one attached hydrogen (secondary N) is 8. The van der Waals surface area contributed by atoms with Gasteiger partial charge >= 0.3 is 0 Å². The van der Waals surface area contributed by atoms with E-state index in [1.807, 2.05) is 55.4 Å². The van der Waals surface area contributed by atoms with Gasteiger partial charge in [0.25, 0.3) is 47.3 Å². The fraction of sp³-hybridized carbons (Fsp3) is 0.439. The lowest BCUT2D eigenvalue weighted by atomic mass is 9.76. The standard InChI is InChI=1S/C82H92N10O12/c1-39-21-53-71(93)54(22-39)76(96)86-64-34-68(48(10)30-44(64)6)90-80(100)58-26-42(4)28-60-74(58)104-20-18-52-14-16-62(84-38-52)61-15-13-51(37-83-61)17-19-103-73-57(79(99)89-67-33-63(85-75(53)95)43(5)29-47(67)9)25-41(3)27-59(73)81(101)91-69-35-65(45(7)31-49(69)11)87-77(97)55-23-40(2)24-56(72(55)94)78(98)88-66-36-70(92-82(60)102)50(12)32-46(66)8/h13-16,21-28,37-38,43-50,63-70,93-94H,29-36H2,1-12H3,(H,85,95)(H,86,96)(H,87,97)(H,88,98)(H,89,99)(H,90,100)(H,91,101)(H,92,102). The van der Waals surface area contributed by atoms with Crippen LogP contribution in [0.3, 0.4) is 0 Å². The molecule has 22 heteroatoms. The number of aromatic hydroxyl groups is 2. The van der Waals surface area contributed by atoms with Gasteiger partial charge in [0, 0.05) is 71.9 Å². The largest absolute Gasteiger partial charge is 0.506 e. The van der Waals surface area contributed by atoms with Gasteiger partial charge in [0.1, 0.15) is 23.7 Å². The molecule has 0 radical (unpaired) electrons. The number of phenolic OH excluding ortho intramolecular Hbond substituents is 2. The van der Waals surface area contributed by atoms with Crippen LogP contribution in [-0.2, 0) is 0 Å². The van der Waals surface area contributed by atoms with E-state index in [-0.39, 0.29) is 129 Å². The first-order valence-corrected chi connectivity index (χ1v) is 36.3. The fourth-order valence-corrected chi connectivity index (χ4v) is 16.4. The van der Waals surface area contributed by atoms with E-state index in [1.165, 1.54) is 36.7 Å². The van der Waals surface area contributed by atoms with Gasteiger partial charge in [0.15, 0.2) is 11.5 Å². The molecule has 4 fully saturated rings. The third-order valence-electron chi connectivity index (χ3n) is 22.5. The molecule has 16 atom stereocenters. The van der Waals surface area contributed by atoms with Crippen LogP contribution in [0.1, 0.15) is 223 Å². The summed E-state index contributed by atoms with van der Waals surface area (Å²) in [6, 6.07) is 15.2. The Morgan fingerprint density at radius 2 is 0.519 bits per heavy atom. The van der Waals surface area contributed by atoms with E-state index in [9.17, 15) is 29.4 Å². The number of aryl methyl sites for hydroxylation is 4. The van der Waals surface area contributed by atoms with Gasteiger partial charge < -0.3 is 62.2 Å². The summed E-state index contributed by atoms with van der Waals surface area (Å²) in [5.41, 5.74) is 3.61. The number of benzene rings is 4. The number of pyridine rings is 2. The van der Waals surface area contributed by atoms with Crippen molar-refractivity contribution in [3.63, 3.8) is 0 Å². The molecule has 2 aromatic heterocycles. The minimum atomic E-state index is -0.622. The molecule has 4 saturated carbocycles. The Labute approximate surface area is 606 Å². The van der Waals surface area contributed by atoms with Crippen LogP contribution in [0.25, 0.3) is 11.4 Å². The van der Waals surface area contributed by atoms with E-state index < -0.39 is 107 Å². The Balaban J connectivity index is 0.976. The van der Waals surface area contributed by atoms with Gasteiger partial charge in [0.05, 0.1) is 55.9 Å². The lowest BCUT2D eigenvalue weighted by Gasteiger charge is -2.40. The van der Waals surface area contributed by atoms with Crippen molar-refractivity contribution in [2.24, 2.45) is 47.3 Å². The van der Waals surface area contributed by atoms with Crippen LogP contribution in [0.15, 0.2) is 85.2 Å². The van der Waals surface area contributed by atoms with E-state index in [1.54, 1.807) is 76.2 Å². The molecule has 10 aliphatic rings. The Kier molecular flexibility index (Phi) is 21.3. The molecule has 8 amide bonds. The van der Waals surface area contributed by atoms with Gasteiger partial charge in [-0.15, -0.1) is 0 Å². The average Bonchev–Trinajstić information content (AvgIpc) is 0.790. The molecule has 22 nitrogen and oxygen atoms in total. The molecular formula is C82H92N10O12. The van der Waals surface area contributed by atoms with E-state index in [0.29, 0.717) is 70.5 Å². The van der Waals surface area contributed by atoms with E-state index in [0.717, 1.165) is 0 Å². The minimum absolute atomic E-state index is 0.0136. The predicted octanol–water partition coefficient (Wildman–Crippen LogP) is 10.0.